The van der Waals surface area contributed by atoms with Crippen molar-refractivity contribution in [2.24, 2.45) is 0 Å². The smallest absolute Gasteiger partial charge is 0.309 e. The van der Waals surface area contributed by atoms with Gasteiger partial charge < -0.3 is 20.1 Å². The first kappa shape index (κ1) is 24.0. The summed E-state index contributed by atoms with van der Waals surface area (Å²) in [4.78, 5) is 24.4. The van der Waals surface area contributed by atoms with E-state index in [1.54, 1.807) is 24.3 Å². The summed E-state index contributed by atoms with van der Waals surface area (Å²) < 4.78 is 37.9. The molecule has 0 saturated carbocycles. The maximum atomic E-state index is 13.0. The monoisotopic (exact) mass is 481 g/mol. The zero-order valence-corrected chi connectivity index (χ0v) is 19.0. The third kappa shape index (κ3) is 5.98. The zero-order valence-electron chi connectivity index (χ0n) is 17.4. The number of methoxy groups -OCH3 is 1. The molecule has 9 nitrogen and oxygen atoms in total. The van der Waals surface area contributed by atoms with Crippen molar-refractivity contribution >= 4 is 33.4 Å². The molecule has 32 heavy (non-hydrogen) atoms. The third-order valence-electron chi connectivity index (χ3n) is 4.81. The van der Waals surface area contributed by atoms with E-state index in [2.05, 4.69) is 10.6 Å². The van der Waals surface area contributed by atoms with Crippen molar-refractivity contribution in [2.75, 3.05) is 26.8 Å². The first-order valence-corrected chi connectivity index (χ1v) is 11.7. The van der Waals surface area contributed by atoms with Crippen LogP contribution in [0.1, 0.15) is 12.0 Å². The van der Waals surface area contributed by atoms with Crippen LogP contribution in [0.25, 0.3) is 0 Å². The van der Waals surface area contributed by atoms with Crippen LogP contribution >= 0.6 is 11.6 Å². The highest BCUT2D eigenvalue weighted by Gasteiger charge is 2.34. The predicted molar refractivity (Wildman–Crippen MR) is 118 cm³/mol. The molecule has 1 fully saturated rings. The van der Waals surface area contributed by atoms with Crippen molar-refractivity contribution in [1.82, 2.24) is 14.9 Å². The van der Waals surface area contributed by atoms with E-state index >= 15 is 0 Å². The molecule has 0 aromatic heterocycles. The minimum Gasteiger partial charge on any atom is -0.497 e. The van der Waals surface area contributed by atoms with Crippen molar-refractivity contribution in [2.45, 2.75) is 24.1 Å². The second kappa shape index (κ2) is 10.8. The van der Waals surface area contributed by atoms with E-state index in [0.29, 0.717) is 23.8 Å². The van der Waals surface area contributed by atoms with E-state index in [9.17, 15) is 18.0 Å². The van der Waals surface area contributed by atoms with Crippen molar-refractivity contribution < 1.29 is 27.5 Å². The molecule has 2 aromatic carbocycles. The summed E-state index contributed by atoms with van der Waals surface area (Å²) >= 11 is 5.85. The Bertz CT molecular complexity index is 1060. The van der Waals surface area contributed by atoms with Crippen LogP contribution in [-0.2, 0) is 30.9 Å². The van der Waals surface area contributed by atoms with Gasteiger partial charge in [-0.1, -0.05) is 23.7 Å². The number of carbonyl (C=O) groups excluding carboxylic acids is 2. The average Bonchev–Trinajstić information content (AvgIpc) is 2.81. The number of sulfonamides is 1. The van der Waals surface area contributed by atoms with E-state index in [4.69, 9.17) is 21.1 Å². The number of carbonyl (C=O) groups is 2. The molecule has 1 aliphatic heterocycles. The Kier molecular flexibility index (Phi) is 8.08. The second-order valence-corrected chi connectivity index (χ2v) is 9.32. The van der Waals surface area contributed by atoms with Gasteiger partial charge in [0, 0.05) is 18.1 Å². The highest BCUT2D eigenvalue weighted by molar-refractivity contribution is 7.89. The molecule has 11 heteroatoms. The summed E-state index contributed by atoms with van der Waals surface area (Å²) in [6.45, 7) is 0.543. The summed E-state index contributed by atoms with van der Waals surface area (Å²) in [5, 5.41) is 5.38. The van der Waals surface area contributed by atoms with Crippen LogP contribution in [0.3, 0.4) is 0 Å². The second-order valence-electron chi connectivity index (χ2n) is 6.99. The standard InChI is InChI=1S/C21H24ClN3O6S/c1-30-17-5-2-4-15(12-17)13-23-20(26)21(27)24-14-19-25(10-3-11-31-19)32(28,29)18-8-6-16(22)7-9-18/h2,4-9,12,19H,3,10-11,13-14H2,1H3,(H,23,26)(H,24,27)/t19-/m1/s1. The van der Waals surface area contributed by atoms with E-state index in [1.165, 1.54) is 35.7 Å². The van der Waals surface area contributed by atoms with Crippen molar-refractivity contribution in [3.8, 4) is 5.75 Å². The highest BCUT2D eigenvalue weighted by atomic mass is 35.5. The summed E-state index contributed by atoms with van der Waals surface area (Å²) in [5.74, 6) is -1.08. The molecule has 3 rings (SSSR count). The number of hydrogen-bond donors (Lipinski definition) is 2. The molecule has 1 heterocycles. The quantitative estimate of drug-likeness (QED) is 0.579. The Morgan fingerprint density at radius 3 is 2.59 bits per heavy atom. The number of amides is 2. The fraction of sp³-hybridized carbons (Fsp3) is 0.333. The minimum absolute atomic E-state index is 0.0692. The van der Waals surface area contributed by atoms with Gasteiger partial charge in [0.2, 0.25) is 10.0 Å². The molecule has 1 atom stereocenters. The number of hydrogen-bond acceptors (Lipinski definition) is 6. The first-order chi connectivity index (χ1) is 15.3. The fourth-order valence-corrected chi connectivity index (χ4v) is 4.84. The van der Waals surface area contributed by atoms with E-state index in [0.717, 1.165) is 5.56 Å². The first-order valence-electron chi connectivity index (χ1n) is 9.89. The fourth-order valence-electron chi connectivity index (χ4n) is 3.15. The SMILES string of the molecule is COc1cccc(CNC(=O)C(=O)NC[C@H]2OCCCN2S(=O)(=O)c2ccc(Cl)cc2)c1. The maximum Gasteiger partial charge on any atom is 0.309 e. The molecule has 2 amide bonds. The number of nitrogens with zero attached hydrogens (tertiary/aromatic N) is 1. The normalized spacial score (nSPS) is 16.9. The number of ether oxygens (including phenoxy) is 2. The Morgan fingerprint density at radius 1 is 1.16 bits per heavy atom. The molecule has 172 valence electrons. The van der Waals surface area contributed by atoms with Crippen LogP contribution in [0.2, 0.25) is 5.02 Å². The van der Waals surface area contributed by atoms with Gasteiger partial charge in [-0.2, -0.15) is 4.31 Å². The van der Waals surface area contributed by atoms with Crippen molar-refractivity contribution in [3.05, 3.63) is 59.1 Å². The molecule has 2 aromatic rings. The Morgan fingerprint density at radius 2 is 1.88 bits per heavy atom. The summed E-state index contributed by atoms with van der Waals surface area (Å²) in [6.07, 6.45) is -0.419. The van der Waals surface area contributed by atoms with E-state index in [-0.39, 0.29) is 24.5 Å². The van der Waals surface area contributed by atoms with Crippen LogP contribution in [0.4, 0.5) is 0 Å². The number of benzene rings is 2. The lowest BCUT2D eigenvalue weighted by Gasteiger charge is -2.34. The maximum absolute atomic E-state index is 13.0. The topological polar surface area (TPSA) is 114 Å². The minimum atomic E-state index is -3.86. The van der Waals surface area contributed by atoms with Crippen LogP contribution < -0.4 is 15.4 Å². The highest BCUT2D eigenvalue weighted by Crippen LogP contribution is 2.23. The largest absolute Gasteiger partial charge is 0.497 e. The van der Waals surface area contributed by atoms with Gasteiger partial charge >= 0.3 is 11.8 Å². The lowest BCUT2D eigenvalue weighted by atomic mass is 10.2. The summed E-state index contributed by atoms with van der Waals surface area (Å²) in [5.41, 5.74) is 0.765. The van der Waals surface area contributed by atoms with Crippen LogP contribution in [0, 0.1) is 0 Å². The van der Waals surface area contributed by atoms with Gasteiger partial charge in [0.1, 0.15) is 12.0 Å². The van der Waals surface area contributed by atoms with Crippen LogP contribution in [0.5, 0.6) is 5.75 Å². The van der Waals surface area contributed by atoms with Gasteiger partial charge in [-0.15, -0.1) is 0 Å². The van der Waals surface area contributed by atoms with E-state index in [1.807, 2.05) is 0 Å². The number of rotatable bonds is 7. The average molecular weight is 482 g/mol. The van der Waals surface area contributed by atoms with Crippen molar-refractivity contribution in [1.29, 1.82) is 0 Å². The molecular formula is C21H24ClN3O6S. The molecule has 2 N–H and O–H groups in total. The van der Waals surface area contributed by atoms with Gasteiger partial charge in [-0.3, -0.25) is 9.59 Å². The van der Waals surface area contributed by atoms with Crippen molar-refractivity contribution in [3.63, 3.8) is 0 Å². The van der Waals surface area contributed by atoms with Gasteiger partial charge in [0.25, 0.3) is 0 Å². The molecule has 0 radical (unpaired) electrons. The summed E-state index contributed by atoms with van der Waals surface area (Å²) in [6, 6.07) is 12.9. The Hall–Kier alpha value is -2.66. The van der Waals surface area contributed by atoms with E-state index < -0.39 is 28.1 Å². The van der Waals surface area contributed by atoms with Gasteiger partial charge in [0.15, 0.2) is 0 Å². The van der Waals surface area contributed by atoms with Gasteiger partial charge in [-0.25, -0.2) is 8.42 Å². The summed E-state index contributed by atoms with van der Waals surface area (Å²) in [7, 11) is -2.33. The van der Waals surface area contributed by atoms with Crippen LogP contribution in [-0.4, -0.2) is 57.6 Å². The Balaban J connectivity index is 1.58. The van der Waals surface area contributed by atoms with Gasteiger partial charge in [-0.05, 0) is 48.4 Å². The predicted octanol–water partition coefficient (Wildman–Crippen LogP) is 1.52. The van der Waals surface area contributed by atoms with Crippen LogP contribution in [0.15, 0.2) is 53.4 Å². The Labute approximate surface area is 191 Å². The third-order valence-corrected chi connectivity index (χ3v) is 6.96. The molecule has 0 unspecified atom stereocenters. The molecule has 0 aliphatic carbocycles. The molecule has 0 bridgehead atoms. The number of halogens is 1. The molecular weight excluding hydrogens is 458 g/mol. The lowest BCUT2D eigenvalue weighted by Crippen LogP contribution is -2.53. The van der Waals surface area contributed by atoms with Gasteiger partial charge in [0.05, 0.1) is 25.2 Å². The molecule has 0 spiro atoms. The number of nitrogens with one attached hydrogen (secondary N) is 2. The molecule has 1 aliphatic rings. The lowest BCUT2D eigenvalue weighted by molar-refractivity contribution is -0.140. The molecule has 1 saturated heterocycles. The zero-order chi connectivity index (χ0) is 23.1.